The van der Waals surface area contributed by atoms with Gasteiger partial charge in [-0.2, -0.15) is 11.3 Å². The first kappa shape index (κ1) is 15.1. The van der Waals surface area contributed by atoms with E-state index < -0.39 is 0 Å². The Kier molecular flexibility index (Phi) is 4.60. The van der Waals surface area contributed by atoms with E-state index in [2.05, 4.69) is 22.5 Å². The van der Waals surface area contributed by atoms with E-state index in [0.29, 0.717) is 25.2 Å². The molecule has 6 heteroatoms. The number of hydrogen-bond acceptors (Lipinski definition) is 3. The van der Waals surface area contributed by atoms with Gasteiger partial charge in [0.15, 0.2) is 0 Å². The molecule has 1 aromatic carbocycles. The van der Waals surface area contributed by atoms with E-state index in [-0.39, 0.29) is 11.9 Å². The molecule has 2 heterocycles. The molecule has 0 radical (unpaired) electrons. The third kappa shape index (κ3) is 3.71. The number of urea groups is 1. The molecule has 1 aliphatic heterocycles. The smallest absolute Gasteiger partial charge is 0.321 e. The third-order valence-corrected chi connectivity index (χ3v) is 4.07. The number of rotatable bonds is 3. The summed E-state index contributed by atoms with van der Waals surface area (Å²) in [5.41, 5.74) is 2.36. The second-order valence-corrected chi connectivity index (χ2v) is 5.71. The Bertz CT molecular complexity index is 757. The van der Waals surface area contributed by atoms with Crippen LogP contribution in [-0.4, -0.2) is 31.6 Å². The number of anilines is 1. The Labute approximate surface area is 138 Å². The predicted octanol–water partition coefficient (Wildman–Crippen LogP) is 2.06. The van der Waals surface area contributed by atoms with Crippen molar-refractivity contribution in [3.05, 3.63) is 52.2 Å². The first-order valence-corrected chi connectivity index (χ1v) is 8.13. The lowest BCUT2D eigenvalue weighted by Gasteiger charge is -2.13. The molecule has 1 saturated heterocycles. The molecule has 2 N–H and O–H groups in total. The number of nitrogens with zero attached hydrogens (tertiary/aromatic N) is 1. The molecule has 0 bridgehead atoms. The monoisotopic (exact) mass is 325 g/mol. The van der Waals surface area contributed by atoms with Crippen molar-refractivity contribution in [1.82, 2.24) is 10.6 Å². The van der Waals surface area contributed by atoms with Crippen LogP contribution in [0.5, 0.6) is 0 Å². The lowest BCUT2D eigenvalue weighted by atomic mass is 10.2. The number of amides is 3. The van der Waals surface area contributed by atoms with Crippen LogP contribution in [0.1, 0.15) is 15.9 Å². The topological polar surface area (TPSA) is 61.4 Å². The van der Waals surface area contributed by atoms with E-state index >= 15 is 0 Å². The van der Waals surface area contributed by atoms with E-state index in [1.807, 2.05) is 29.6 Å². The van der Waals surface area contributed by atoms with Gasteiger partial charge < -0.3 is 10.6 Å². The molecule has 5 nitrogen and oxygen atoms in total. The minimum Gasteiger partial charge on any atom is -0.341 e. The van der Waals surface area contributed by atoms with Crippen LogP contribution in [0.2, 0.25) is 0 Å². The number of nitrogens with one attached hydrogen (secondary N) is 2. The SMILES string of the molecule is O=C(NCC#Cc1ccc(N2CCNC2=O)cc1)c1ccsc1. The maximum atomic E-state index is 11.7. The molecule has 0 spiro atoms. The summed E-state index contributed by atoms with van der Waals surface area (Å²) in [4.78, 5) is 25.0. The first-order valence-electron chi connectivity index (χ1n) is 7.19. The summed E-state index contributed by atoms with van der Waals surface area (Å²) in [6.45, 7) is 1.65. The van der Waals surface area contributed by atoms with Crippen molar-refractivity contribution in [1.29, 1.82) is 0 Å². The highest BCUT2D eigenvalue weighted by Gasteiger charge is 2.20. The van der Waals surface area contributed by atoms with Gasteiger partial charge in [0.2, 0.25) is 0 Å². The van der Waals surface area contributed by atoms with Gasteiger partial charge >= 0.3 is 6.03 Å². The maximum absolute atomic E-state index is 11.7. The van der Waals surface area contributed by atoms with Crippen molar-refractivity contribution >= 4 is 29.0 Å². The van der Waals surface area contributed by atoms with E-state index in [1.54, 1.807) is 16.3 Å². The van der Waals surface area contributed by atoms with Gasteiger partial charge in [0.25, 0.3) is 5.91 Å². The average Bonchev–Trinajstić information content (AvgIpc) is 3.23. The molecule has 3 rings (SSSR count). The standard InChI is InChI=1S/C17H15N3O2S/c21-16(14-7-11-23-12-14)18-8-1-2-13-3-5-15(6-4-13)20-10-9-19-17(20)22/h3-7,11-12H,8-10H2,(H,18,21)(H,19,22). The second-order valence-electron chi connectivity index (χ2n) is 4.93. The number of hydrogen-bond donors (Lipinski definition) is 2. The number of carbonyl (C=O) groups excluding carboxylic acids is 2. The Balaban J connectivity index is 1.54. The summed E-state index contributed by atoms with van der Waals surface area (Å²) < 4.78 is 0. The fraction of sp³-hybridized carbons (Fsp3) is 0.176. The van der Waals surface area contributed by atoms with E-state index in [4.69, 9.17) is 0 Å². The van der Waals surface area contributed by atoms with Crippen molar-refractivity contribution in [2.45, 2.75) is 0 Å². The lowest BCUT2D eigenvalue weighted by Crippen LogP contribution is -2.27. The Morgan fingerprint density at radius 1 is 1.30 bits per heavy atom. The highest BCUT2D eigenvalue weighted by molar-refractivity contribution is 7.08. The van der Waals surface area contributed by atoms with Gasteiger partial charge in [0.05, 0.1) is 12.1 Å². The van der Waals surface area contributed by atoms with Gasteiger partial charge in [-0.1, -0.05) is 11.8 Å². The summed E-state index contributed by atoms with van der Waals surface area (Å²) >= 11 is 1.49. The van der Waals surface area contributed by atoms with Gasteiger partial charge in [0.1, 0.15) is 0 Å². The molecular formula is C17H15N3O2S. The largest absolute Gasteiger partial charge is 0.341 e. The third-order valence-electron chi connectivity index (χ3n) is 3.39. The van der Waals surface area contributed by atoms with Crippen LogP contribution in [0.15, 0.2) is 41.1 Å². The maximum Gasteiger partial charge on any atom is 0.321 e. The van der Waals surface area contributed by atoms with Crippen LogP contribution in [0.25, 0.3) is 0 Å². The van der Waals surface area contributed by atoms with Gasteiger partial charge in [0, 0.05) is 29.7 Å². The molecule has 23 heavy (non-hydrogen) atoms. The minimum atomic E-state index is -0.115. The molecule has 1 aliphatic rings. The van der Waals surface area contributed by atoms with E-state index in [0.717, 1.165) is 11.3 Å². The fourth-order valence-electron chi connectivity index (χ4n) is 2.21. The molecule has 2 aromatic rings. The molecular weight excluding hydrogens is 310 g/mol. The van der Waals surface area contributed by atoms with E-state index in [1.165, 1.54) is 11.3 Å². The van der Waals surface area contributed by atoms with Crippen LogP contribution in [0, 0.1) is 11.8 Å². The summed E-state index contributed by atoms with van der Waals surface area (Å²) in [6.07, 6.45) is 0. The molecule has 0 atom stereocenters. The van der Waals surface area contributed by atoms with Crippen molar-refractivity contribution in [3.63, 3.8) is 0 Å². The van der Waals surface area contributed by atoms with Gasteiger partial charge in [-0.25, -0.2) is 4.79 Å². The summed E-state index contributed by atoms with van der Waals surface area (Å²) in [5, 5.41) is 9.18. The van der Waals surface area contributed by atoms with Crippen LogP contribution in [-0.2, 0) is 0 Å². The lowest BCUT2D eigenvalue weighted by molar-refractivity contribution is 0.0959. The highest BCUT2D eigenvalue weighted by atomic mass is 32.1. The molecule has 0 unspecified atom stereocenters. The zero-order chi connectivity index (χ0) is 16.1. The molecule has 1 fully saturated rings. The number of benzene rings is 1. The Morgan fingerprint density at radius 3 is 2.78 bits per heavy atom. The van der Waals surface area contributed by atoms with Crippen LogP contribution < -0.4 is 15.5 Å². The van der Waals surface area contributed by atoms with Crippen LogP contribution in [0.4, 0.5) is 10.5 Å². The molecule has 0 aliphatic carbocycles. The zero-order valence-corrected chi connectivity index (χ0v) is 13.2. The van der Waals surface area contributed by atoms with Crippen LogP contribution in [0.3, 0.4) is 0 Å². The first-order chi connectivity index (χ1) is 11.2. The Morgan fingerprint density at radius 2 is 2.13 bits per heavy atom. The van der Waals surface area contributed by atoms with Gasteiger partial charge in [-0.05, 0) is 35.7 Å². The molecule has 1 aromatic heterocycles. The van der Waals surface area contributed by atoms with E-state index in [9.17, 15) is 9.59 Å². The normalized spacial score (nSPS) is 13.2. The fourth-order valence-corrected chi connectivity index (χ4v) is 2.85. The van der Waals surface area contributed by atoms with Crippen LogP contribution >= 0.6 is 11.3 Å². The number of carbonyl (C=O) groups is 2. The molecule has 116 valence electrons. The Hall–Kier alpha value is -2.78. The predicted molar refractivity (Wildman–Crippen MR) is 90.7 cm³/mol. The minimum absolute atomic E-state index is 0.0695. The summed E-state index contributed by atoms with van der Waals surface area (Å²) in [6, 6.07) is 9.20. The van der Waals surface area contributed by atoms with Crippen molar-refractivity contribution in [3.8, 4) is 11.8 Å². The second kappa shape index (κ2) is 6.99. The summed E-state index contributed by atoms with van der Waals surface area (Å²) in [7, 11) is 0. The number of thiophene rings is 1. The zero-order valence-electron chi connectivity index (χ0n) is 12.3. The average molecular weight is 325 g/mol. The van der Waals surface area contributed by atoms with Crippen molar-refractivity contribution in [2.24, 2.45) is 0 Å². The van der Waals surface area contributed by atoms with Crippen molar-refractivity contribution in [2.75, 3.05) is 24.5 Å². The summed E-state index contributed by atoms with van der Waals surface area (Å²) in [5.74, 6) is 5.80. The van der Waals surface area contributed by atoms with Gasteiger partial charge in [-0.3, -0.25) is 9.69 Å². The highest BCUT2D eigenvalue weighted by Crippen LogP contribution is 2.16. The molecule has 0 saturated carbocycles. The van der Waals surface area contributed by atoms with Crippen molar-refractivity contribution < 1.29 is 9.59 Å². The molecule has 3 amide bonds. The quantitative estimate of drug-likeness (QED) is 0.849. The van der Waals surface area contributed by atoms with Gasteiger partial charge in [-0.15, -0.1) is 0 Å².